The summed E-state index contributed by atoms with van der Waals surface area (Å²) in [5, 5.41) is 12.5. The highest BCUT2D eigenvalue weighted by molar-refractivity contribution is 6.23. The summed E-state index contributed by atoms with van der Waals surface area (Å²) in [5.41, 5.74) is 9.64. The van der Waals surface area contributed by atoms with Crippen LogP contribution in [-0.2, 0) is 0 Å². The zero-order chi connectivity index (χ0) is 33.5. The summed E-state index contributed by atoms with van der Waals surface area (Å²) in [6, 6.07) is 66.2. The maximum Gasteiger partial charge on any atom is 0.135 e. The Bertz CT molecular complexity index is 3040. The largest absolute Gasteiger partial charge is 0.456 e. The fourth-order valence-electron chi connectivity index (χ4n) is 8.54. The van der Waals surface area contributed by atoms with Crippen molar-refractivity contribution in [2.45, 2.75) is 0 Å². The third-order valence-electron chi connectivity index (χ3n) is 10.9. The first kappa shape index (κ1) is 28.2. The molecular weight excluding hydrogens is 617 g/mol. The highest BCUT2D eigenvalue weighted by atomic mass is 16.5. The molecule has 1 aliphatic rings. The Hall–Kier alpha value is -6.70. The van der Waals surface area contributed by atoms with Crippen molar-refractivity contribution in [3.63, 3.8) is 0 Å². The summed E-state index contributed by atoms with van der Waals surface area (Å²) in [4.78, 5) is 0. The number of rotatable bonds is 3. The predicted octanol–water partition coefficient (Wildman–Crippen LogP) is 14.2. The average Bonchev–Trinajstić information content (AvgIpc) is 3.20. The fourth-order valence-corrected chi connectivity index (χ4v) is 8.54. The van der Waals surface area contributed by atoms with Crippen molar-refractivity contribution in [2.24, 2.45) is 0 Å². The first-order valence-electron chi connectivity index (χ1n) is 17.6. The number of hydrogen-bond donors (Lipinski definition) is 0. The van der Waals surface area contributed by atoms with Gasteiger partial charge in [0.1, 0.15) is 11.5 Å². The van der Waals surface area contributed by atoms with Crippen LogP contribution in [0.25, 0.3) is 98.4 Å². The van der Waals surface area contributed by atoms with Gasteiger partial charge in [0.2, 0.25) is 0 Å². The van der Waals surface area contributed by atoms with Crippen molar-refractivity contribution in [3.05, 3.63) is 182 Å². The van der Waals surface area contributed by atoms with Crippen molar-refractivity contribution in [1.29, 1.82) is 0 Å². The third-order valence-corrected chi connectivity index (χ3v) is 10.9. The van der Waals surface area contributed by atoms with Crippen LogP contribution < -0.4 is 4.74 Å². The lowest BCUT2D eigenvalue weighted by Crippen LogP contribution is -1.98. The Morgan fingerprint density at radius 2 is 0.922 bits per heavy atom. The van der Waals surface area contributed by atoms with Crippen molar-refractivity contribution < 1.29 is 4.74 Å². The van der Waals surface area contributed by atoms with Crippen LogP contribution in [0, 0.1) is 0 Å². The number of fused-ring (bicyclic) bond motifs is 7. The van der Waals surface area contributed by atoms with Crippen LogP contribution in [0.15, 0.2) is 182 Å². The molecule has 0 amide bonds. The standard InChI is InChI=1S/C50H30O/c1-2-11-31(12-3-1)33-22-23-41-43-20-10-19-42-40(27-28-47(50(42)43)51-48(41)30-33)39-25-26-44(38-18-9-8-17-37(38)39)49-36-16-7-5-14-34(36)29-46-35-15-6-4-13-32(35)21-24-45(46)49/h1-30H. The summed E-state index contributed by atoms with van der Waals surface area (Å²) >= 11 is 0. The van der Waals surface area contributed by atoms with E-state index in [9.17, 15) is 0 Å². The molecule has 0 N–H and O–H groups in total. The smallest absolute Gasteiger partial charge is 0.135 e. The van der Waals surface area contributed by atoms with Gasteiger partial charge in [0, 0.05) is 10.9 Å². The predicted molar refractivity (Wildman–Crippen MR) is 216 cm³/mol. The van der Waals surface area contributed by atoms with E-state index in [1.807, 2.05) is 0 Å². The van der Waals surface area contributed by atoms with Gasteiger partial charge in [-0.05, 0) is 112 Å². The minimum atomic E-state index is 0.897. The van der Waals surface area contributed by atoms with Crippen molar-refractivity contribution in [1.82, 2.24) is 0 Å². The number of hydrogen-bond acceptors (Lipinski definition) is 1. The Morgan fingerprint density at radius 3 is 1.78 bits per heavy atom. The summed E-state index contributed by atoms with van der Waals surface area (Å²) < 4.78 is 6.68. The molecule has 10 aromatic rings. The van der Waals surface area contributed by atoms with Gasteiger partial charge in [0.25, 0.3) is 0 Å². The van der Waals surface area contributed by atoms with E-state index in [1.54, 1.807) is 0 Å². The molecule has 1 nitrogen and oxygen atoms in total. The highest BCUT2D eigenvalue weighted by Gasteiger charge is 2.23. The van der Waals surface area contributed by atoms with Gasteiger partial charge in [-0.25, -0.2) is 0 Å². The van der Waals surface area contributed by atoms with Gasteiger partial charge >= 0.3 is 0 Å². The molecule has 1 aliphatic heterocycles. The monoisotopic (exact) mass is 646 g/mol. The molecule has 0 aromatic heterocycles. The Morgan fingerprint density at radius 1 is 0.275 bits per heavy atom. The summed E-state index contributed by atoms with van der Waals surface area (Å²) in [6.07, 6.45) is 0. The molecule has 51 heavy (non-hydrogen) atoms. The van der Waals surface area contributed by atoms with E-state index >= 15 is 0 Å². The Labute approximate surface area is 295 Å². The lowest BCUT2D eigenvalue weighted by molar-refractivity contribution is 0.487. The molecule has 0 saturated carbocycles. The van der Waals surface area contributed by atoms with E-state index in [0.29, 0.717) is 0 Å². The van der Waals surface area contributed by atoms with Gasteiger partial charge in [-0.3, -0.25) is 0 Å². The first-order valence-corrected chi connectivity index (χ1v) is 17.6. The molecule has 10 aromatic carbocycles. The SMILES string of the molecule is c1ccc(-c2ccc3c(c2)Oc2ccc(-c4ccc(-c5c6ccccc6cc6c5ccc5ccccc56)c5ccccc45)c4cccc-3c24)cc1. The molecule has 0 bridgehead atoms. The maximum atomic E-state index is 6.68. The van der Waals surface area contributed by atoms with Gasteiger partial charge < -0.3 is 4.74 Å². The second-order valence-corrected chi connectivity index (χ2v) is 13.6. The van der Waals surface area contributed by atoms with Gasteiger partial charge in [0.15, 0.2) is 0 Å². The van der Waals surface area contributed by atoms with Crippen LogP contribution in [0.4, 0.5) is 0 Å². The fraction of sp³-hybridized carbons (Fsp3) is 0. The zero-order valence-electron chi connectivity index (χ0n) is 27.7. The zero-order valence-corrected chi connectivity index (χ0v) is 27.7. The van der Waals surface area contributed by atoms with E-state index in [4.69, 9.17) is 4.74 Å². The van der Waals surface area contributed by atoms with E-state index in [-0.39, 0.29) is 0 Å². The minimum absolute atomic E-state index is 0.897. The lowest BCUT2D eigenvalue weighted by atomic mass is 9.85. The molecule has 0 fully saturated rings. The molecule has 236 valence electrons. The number of benzene rings is 10. The van der Waals surface area contributed by atoms with Gasteiger partial charge in [-0.15, -0.1) is 0 Å². The topological polar surface area (TPSA) is 9.23 Å². The van der Waals surface area contributed by atoms with Crippen LogP contribution in [-0.4, -0.2) is 0 Å². The second-order valence-electron chi connectivity index (χ2n) is 13.6. The van der Waals surface area contributed by atoms with Gasteiger partial charge in [0.05, 0.1) is 0 Å². The molecule has 0 saturated heterocycles. The van der Waals surface area contributed by atoms with Gasteiger partial charge in [-0.1, -0.05) is 158 Å². The highest BCUT2D eigenvalue weighted by Crippen LogP contribution is 2.51. The quantitative estimate of drug-likeness (QED) is 0.137. The maximum absolute atomic E-state index is 6.68. The molecule has 0 spiro atoms. The third kappa shape index (κ3) is 4.22. The molecule has 1 heterocycles. The lowest BCUT2D eigenvalue weighted by Gasteiger charge is -2.24. The van der Waals surface area contributed by atoms with Crippen molar-refractivity contribution in [3.8, 4) is 56.0 Å². The van der Waals surface area contributed by atoms with Crippen LogP contribution in [0.2, 0.25) is 0 Å². The molecular formula is C50H30O. The van der Waals surface area contributed by atoms with Crippen LogP contribution in [0.3, 0.4) is 0 Å². The number of ether oxygens (including phenoxy) is 1. The molecule has 0 atom stereocenters. The van der Waals surface area contributed by atoms with E-state index in [0.717, 1.165) is 28.0 Å². The first-order chi connectivity index (χ1) is 25.3. The molecule has 0 radical (unpaired) electrons. The summed E-state index contributed by atoms with van der Waals surface area (Å²) in [6.45, 7) is 0. The summed E-state index contributed by atoms with van der Waals surface area (Å²) in [5.74, 6) is 1.80. The minimum Gasteiger partial charge on any atom is -0.456 e. The average molecular weight is 647 g/mol. The van der Waals surface area contributed by atoms with Gasteiger partial charge in [-0.2, -0.15) is 0 Å². The van der Waals surface area contributed by atoms with Crippen molar-refractivity contribution >= 4 is 53.9 Å². The van der Waals surface area contributed by atoms with E-state index < -0.39 is 0 Å². The normalized spacial score (nSPS) is 12.1. The Kier molecular flexibility index (Phi) is 6.02. The van der Waals surface area contributed by atoms with Crippen LogP contribution >= 0.6 is 0 Å². The molecule has 0 unspecified atom stereocenters. The molecule has 1 heteroatoms. The Balaban J connectivity index is 1.13. The molecule has 0 aliphatic carbocycles. The summed E-state index contributed by atoms with van der Waals surface area (Å²) in [7, 11) is 0. The van der Waals surface area contributed by atoms with E-state index in [2.05, 4.69) is 182 Å². The van der Waals surface area contributed by atoms with Crippen LogP contribution in [0.5, 0.6) is 11.5 Å². The second kappa shape index (κ2) is 10.9. The van der Waals surface area contributed by atoms with Crippen molar-refractivity contribution in [2.75, 3.05) is 0 Å². The molecule has 11 rings (SSSR count). The van der Waals surface area contributed by atoms with E-state index in [1.165, 1.54) is 81.9 Å². The van der Waals surface area contributed by atoms with Crippen LogP contribution in [0.1, 0.15) is 0 Å².